The summed E-state index contributed by atoms with van der Waals surface area (Å²) >= 11 is 0. The number of anilines is 1. The zero-order valence-corrected chi connectivity index (χ0v) is 13.0. The number of benzene rings is 1. The number of H-pyrrole nitrogens is 1. The van der Waals surface area contributed by atoms with Gasteiger partial charge in [0.25, 0.3) is 5.69 Å². The second kappa shape index (κ2) is 5.20. The molecule has 0 saturated heterocycles. The van der Waals surface area contributed by atoms with Crippen LogP contribution >= 0.6 is 0 Å². The van der Waals surface area contributed by atoms with Gasteiger partial charge in [0.2, 0.25) is 0 Å². The van der Waals surface area contributed by atoms with Crippen molar-refractivity contribution in [3.63, 3.8) is 0 Å². The average molecular weight is 321 g/mol. The Kier molecular flexibility index (Phi) is 3.13. The van der Waals surface area contributed by atoms with E-state index in [2.05, 4.69) is 21.6 Å². The number of nitriles is 1. The van der Waals surface area contributed by atoms with Gasteiger partial charge in [-0.3, -0.25) is 15.2 Å². The van der Waals surface area contributed by atoms with E-state index in [0.717, 1.165) is 29.9 Å². The van der Waals surface area contributed by atoms with E-state index in [1.165, 1.54) is 0 Å². The minimum atomic E-state index is -0.471. The zero-order valence-electron chi connectivity index (χ0n) is 13.0. The Morgan fingerprint density at radius 2 is 2.17 bits per heavy atom. The molecule has 1 aliphatic carbocycles. The molecule has 0 bridgehead atoms. The van der Waals surface area contributed by atoms with Gasteiger partial charge in [0.05, 0.1) is 28.7 Å². The number of nitro benzene ring substituents is 1. The smallest absolute Gasteiger partial charge is 0.276 e. The lowest BCUT2D eigenvalue weighted by atomic mass is 9.81. The Labute approximate surface area is 138 Å². The number of aromatic nitrogens is 2. The van der Waals surface area contributed by atoms with Crippen molar-refractivity contribution in [3.05, 3.63) is 62.5 Å². The van der Waals surface area contributed by atoms with Crippen LogP contribution in [0.3, 0.4) is 0 Å². The first-order valence-electron chi connectivity index (χ1n) is 7.80. The zero-order chi connectivity index (χ0) is 16.8. The monoisotopic (exact) mass is 321 g/mol. The maximum Gasteiger partial charge on any atom is 0.276 e. The number of nitrogens with zero attached hydrogens (tertiary/aromatic N) is 3. The van der Waals surface area contributed by atoms with Crippen molar-refractivity contribution < 1.29 is 4.92 Å². The van der Waals surface area contributed by atoms with Gasteiger partial charge in [-0.15, -0.1) is 0 Å². The fourth-order valence-corrected chi connectivity index (χ4v) is 3.43. The summed E-state index contributed by atoms with van der Waals surface area (Å²) in [5, 5.41) is 31.7. The number of nitro groups is 1. The summed E-state index contributed by atoms with van der Waals surface area (Å²) in [5.74, 6) is 0.570. The average Bonchev–Trinajstić information content (AvgIpc) is 3.30. The molecule has 0 radical (unpaired) electrons. The number of fused-ring (bicyclic) bond motifs is 1. The summed E-state index contributed by atoms with van der Waals surface area (Å²) < 4.78 is 0. The van der Waals surface area contributed by atoms with Crippen LogP contribution in [0, 0.1) is 34.3 Å². The van der Waals surface area contributed by atoms with Crippen molar-refractivity contribution in [1.82, 2.24) is 10.2 Å². The molecule has 4 rings (SSSR count). The molecule has 24 heavy (non-hydrogen) atoms. The van der Waals surface area contributed by atoms with E-state index in [-0.39, 0.29) is 10.6 Å². The number of aryl methyl sites for hydroxylation is 1. The van der Waals surface area contributed by atoms with Gasteiger partial charge < -0.3 is 5.32 Å². The molecule has 1 aromatic heterocycles. The van der Waals surface area contributed by atoms with Crippen LogP contribution in [0.2, 0.25) is 0 Å². The molecule has 120 valence electrons. The molecule has 1 unspecified atom stereocenters. The van der Waals surface area contributed by atoms with Gasteiger partial charge >= 0.3 is 0 Å². The standard InChI is InChI=1S/C17H15N5O2/c1-9-3-2-4-11(16(9)22(23)24)14-12(7-18)15(10-5-6-10)20-17-13(14)8-19-21-17/h2-4,8,10,14H,5-6H2,1H3,(H2,19,20,21). The molecule has 7 heteroatoms. The minimum absolute atomic E-state index is 0.0689. The molecule has 2 aromatic rings. The summed E-state index contributed by atoms with van der Waals surface area (Å²) in [4.78, 5) is 11.3. The minimum Gasteiger partial charge on any atom is -0.343 e. The van der Waals surface area contributed by atoms with Crippen LogP contribution in [-0.2, 0) is 0 Å². The van der Waals surface area contributed by atoms with Crippen LogP contribution in [0.5, 0.6) is 0 Å². The van der Waals surface area contributed by atoms with E-state index in [1.54, 1.807) is 31.3 Å². The molecule has 1 atom stereocenters. The van der Waals surface area contributed by atoms with Crippen LogP contribution in [0.4, 0.5) is 11.5 Å². The van der Waals surface area contributed by atoms with Crippen molar-refractivity contribution >= 4 is 11.5 Å². The Morgan fingerprint density at radius 1 is 1.38 bits per heavy atom. The maximum absolute atomic E-state index is 11.6. The van der Waals surface area contributed by atoms with Crippen molar-refractivity contribution in [2.45, 2.75) is 25.7 Å². The van der Waals surface area contributed by atoms with Crippen LogP contribution in [0.15, 0.2) is 35.7 Å². The number of hydrogen-bond donors (Lipinski definition) is 2. The lowest BCUT2D eigenvalue weighted by Gasteiger charge is -2.26. The van der Waals surface area contributed by atoms with Crippen LogP contribution in [0.1, 0.15) is 35.4 Å². The van der Waals surface area contributed by atoms with Crippen LogP contribution < -0.4 is 5.32 Å². The van der Waals surface area contributed by atoms with Gasteiger partial charge in [0.15, 0.2) is 0 Å². The summed E-state index contributed by atoms with van der Waals surface area (Å²) in [6.07, 6.45) is 3.69. The highest BCUT2D eigenvalue weighted by atomic mass is 16.6. The van der Waals surface area contributed by atoms with Crippen LogP contribution in [0.25, 0.3) is 0 Å². The highest BCUT2D eigenvalue weighted by Gasteiger charge is 2.40. The fraction of sp³-hybridized carbons (Fsp3) is 0.294. The third kappa shape index (κ3) is 2.07. The third-order valence-electron chi connectivity index (χ3n) is 4.69. The molecule has 7 nitrogen and oxygen atoms in total. The Morgan fingerprint density at radius 3 is 2.83 bits per heavy atom. The van der Waals surface area contributed by atoms with Gasteiger partial charge in [-0.2, -0.15) is 10.4 Å². The molecular weight excluding hydrogens is 306 g/mol. The molecule has 2 N–H and O–H groups in total. The van der Waals surface area contributed by atoms with Crippen molar-refractivity contribution in [2.75, 3.05) is 5.32 Å². The highest BCUT2D eigenvalue weighted by Crippen LogP contribution is 2.49. The second-order valence-electron chi connectivity index (χ2n) is 6.24. The summed E-state index contributed by atoms with van der Waals surface area (Å²) in [5.41, 5.74) is 3.39. The Balaban J connectivity index is 1.98. The molecule has 0 spiro atoms. The van der Waals surface area contributed by atoms with E-state index < -0.39 is 5.92 Å². The van der Waals surface area contributed by atoms with Crippen LogP contribution in [-0.4, -0.2) is 15.1 Å². The molecule has 1 saturated carbocycles. The number of para-hydroxylation sites is 1. The predicted octanol–water partition coefficient (Wildman–Crippen LogP) is 3.37. The van der Waals surface area contributed by atoms with Gasteiger partial charge in [-0.1, -0.05) is 18.2 Å². The molecule has 1 aromatic carbocycles. The molecule has 2 aliphatic rings. The number of rotatable bonds is 3. The third-order valence-corrected chi connectivity index (χ3v) is 4.69. The van der Waals surface area contributed by atoms with Crippen molar-refractivity contribution in [2.24, 2.45) is 5.92 Å². The molecule has 2 heterocycles. The number of allylic oxidation sites excluding steroid dienone is 2. The van der Waals surface area contributed by atoms with E-state index >= 15 is 0 Å². The van der Waals surface area contributed by atoms with Crippen molar-refractivity contribution in [1.29, 1.82) is 5.26 Å². The molecule has 1 fully saturated rings. The number of hydrogen-bond acceptors (Lipinski definition) is 5. The predicted molar refractivity (Wildman–Crippen MR) is 87.2 cm³/mol. The molecule has 0 amide bonds. The summed E-state index contributed by atoms with van der Waals surface area (Å²) in [7, 11) is 0. The van der Waals surface area contributed by atoms with E-state index in [9.17, 15) is 15.4 Å². The van der Waals surface area contributed by atoms with Gasteiger partial charge in [0.1, 0.15) is 5.82 Å². The largest absolute Gasteiger partial charge is 0.343 e. The Bertz CT molecular complexity index is 917. The summed E-state index contributed by atoms with van der Waals surface area (Å²) in [6, 6.07) is 7.54. The quantitative estimate of drug-likeness (QED) is 0.665. The Hall–Kier alpha value is -3.14. The lowest BCUT2D eigenvalue weighted by Crippen LogP contribution is -2.19. The highest BCUT2D eigenvalue weighted by molar-refractivity contribution is 5.68. The first kappa shape index (κ1) is 14.5. The van der Waals surface area contributed by atoms with E-state index in [1.807, 2.05) is 0 Å². The van der Waals surface area contributed by atoms with Crippen molar-refractivity contribution in [3.8, 4) is 6.07 Å². The SMILES string of the molecule is Cc1cccc(C2C(C#N)=C(C3CC3)Nc3[nH]ncc32)c1[N+](=O)[O-]. The first-order valence-corrected chi connectivity index (χ1v) is 7.80. The fourth-order valence-electron chi connectivity index (χ4n) is 3.43. The van der Waals surface area contributed by atoms with E-state index in [4.69, 9.17) is 0 Å². The second-order valence-corrected chi connectivity index (χ2v) is 6.24. The maximum atomic E-state index is 11.6. The molecular formula is C17H15N5O2. The topological polar surface area (TPSA) is 108 Å². The van der Waals surface area contributed by atoms with Gasteiger partial charge in [-0.25, -0.2) is 0 Å². The normalized spacial score (nSPS) is 19.4. The van der Waals surface area contributed by atoms with Gasteiger partial charge in [0, 0.05) is 28.3 Å². The lowest BCUT2D eigenvalue weighted by molar-refractivity contribution is -0.386. The summed E-state index contributed by atoms with van der Waals surface area (Å²) in [6.45, 7) is 1.72. The molecule has 1 aliphatic heterocycles. The van der Waals surface area contributed by atoms with E-state index in [0.29, 0.717) is 22.6 Å². The number of aromatic amines is 1. The number of nitrogens with one attached hydrogen (secondary N) is 2. The first-order chi connectivity index (χ1) is 11.6. The van der Waals surface area contributed by atoms with Gasteiger partial charge in [-0.05, 0) is 19.8 Å².